The number of halogens is 2. The molecule has 0 aliphatic carbocycles. The Morgan fingerprint density at radius 2 is 1.60 bits per heavy atom. The van der Waals surface area contributed by atoms with Gasteiger partial charge in [0.15, 0.2) is 11.6 Å². The first kappa shape index (κ1) is 16.0. The Hall–Kier alpha value is -2.02. The number of esters is 2. The lowest BCUT2D eigenvalue weighted by atomic mass is 10.2. The maximum atomic E-state index is 13.1. The summed E-state index contributed by atoms with van der Waals surface area (Å²) in [5.74, 6) is -3.03. The first-order chi connectivity index (χ1) is 9.46. The van der Waals surface area contributed by atoms with Crippen molar-refractivity contribution < 1.29 is 27.8 Å². The van der Waals surface area contributed by atoms with E-state index in [1.165, 1.54) is 25.2 Å². The van der Waals surface area contributed by atoms with E-state index < -0.39 is 23.6 Å². The normalized spacial score (nSPS) is 10.4. The molecule has 0 saturated heterocycles. The summed E-state index contributed by atoms with van der Waals surface area (Å²) >= 11 is 0. The van der Waals surface area contributed by atoms with Gasteiger partial charge < -0.3 is 9.47 Å². The zero-order chi connectivity index (χ0) is 15.1. The van der Waals surface area contributed by atoms with E-state index in [1.54, 1.807) is 0 Å². The molecule has 0 unspecified atom stereocenters. The number of methoxy groups -OCH3 is 2. The molecule has 0 fully saturated rings. The van der Waals surface area contributed by atoms with Crippen molar-refractivity contribution in [3.05, 3.63) is 35.4 Å². The van der Waals surface area contributed by atoms with Crippen molar-refractivity contribution in [3.8, 4) is 0 Å². The van der Waals surface area contributed by atoms with Crippen molar-refractivity contribution in [2.45, 2.75) is 6.54 Å². The van der Waals surface area contributed by atoms with Crippen LogP contribution in [0.25, 0.3) is 0 Å². The predicted molar refractivity (Wildman–Crippen MR) is 65.7 cm³/mol. The van der Waals surface area contributed by atoms with Gasteiger partial charge in [0.2, 0.25) is 0 Å². The number of rotatable bonds is 6. The summed E-state index contributed by atoms with van der Waals surface area (Å²) in [6.07, 6.45) is 0. The lowest BCUT2D eigenvalue weighted by Gasteiger charge is -2.19. The van der Waals surface area contributed by atoms with Gasteiger partial charge in [0.25, 0.3) is 0 Å². The lowest BCUT2D eigenvalue weighted by Crippen LogP contribution is -2.35. The van der Waals surface area contributed by atoms with E-state index in [0.717, 1.165) is 12.1 Å². The van der Waals surface area contributed by atoms with E-state index in [0.29, 0.717) is 5.56 Å². The van der Waals surface area contributed by atoms with E-state index >= 15 is 0 Å². The summed E-state index contributed by atoms with van der Waals surface area (Å²) < 4.78 is 35.0. The SMILES string of the molecule is COC(=O)CN(CC(=O)OC)Cc1ccc(F)c(F)c1. The number of hydrogen-bond acceptors (Lipinski definition) is 5. The van der Waals surface area contributed by atoms with Gasteiger partial charge in [-0.25, -0.2) is 8.78 Å². The average molecular weight is 287 g/mol. The van der Waals surface area contributed by atoms with Crippen LogP contribution >= 0.6 is 0 Å². The third kappa shape index (κ3) is 4.93. The smallest absolute Gasteiger partial charge is 0.319 e. The molecule has 1 aromatic rings. The number of ether oxygens (including phenoxy) is 2. The van der Waals surface area contributed by atoms with E-state index in [1.807, 2.05) is 0 Å². The molecule has 110 valence electrons. The van der Waals surface area contributed by atoms with Crippen LogP contribution in [0.15, 0.2) is 18.2 Å². The molecule has 5 nitrogen and oxygen atoms in total. The summed E-state index contributed by atoms with van der Waals surface area (Å²) in [5, 5.41) is 0. The number of carbonyl (C=O) groups excluding carboxylic acids is 2. The number of carbonyl (C=O) groups is 2. The monoisotopic (exact) mass is 287 g/mol. The first-order valence-electron chi connectivity index (χ1n) is 5.76. The van der Waals surface area contributed by atoms with Crippen molar-refractivity contribution in [3.63, 3.8) is 0 Å². The fourth-order valence-corrected chi connectivity index (χ4v) is 1.56. The molecule has 20 heavy (non-hydrogen) atoms. The molecule has 0 radical (unpaired) electrons. The summed E-state index contributed by atoms with van der Waals surface area (Å²) in [4.78, 5) is 23.9. The van der Waals surface area contributed by atoms with E-state index in [2.05, 4.69) is 9.47 Å². The van der Waals surface area contributed by atoms with E-state index in [4.69, 9.17) is 0 Å². The largest absolute Gasteiger partial charge is 0.468 e. The number of nitrogens with zero attached hydrogens (tertiary/aromatic N) is 1. The lowest BCUT2D eigenvalue weighted by molar-refractivity contribution is -0.145. The summed E-state index contributed by atoms with van der Waals surface area (Å²) in [6.45, 7) is -0.239. The van der Waals surface area contributed by atoms with Crippen molar-refractivity contribution in [2.75, 3.05) is 27.3 Å². The molecule has 7 heteroatoms. The Kier molecular flexibility index (Phi) is 6.05. The van der Waals surface area contributed by atoms with E-state index in [-0.39, 0.29) is 19.6 Å². The molecule has 0 aliphatic heterocycles. The van der Waals surface area contributed by atoms with Crippen LogP contribution < -0.4 is 0 Å². The molecular weight excluding hydrogens is 272 g/mol. The highest BCUT2D eigenvalue weighted by Gasteiger charge is 2.16. The van der Waals surface area contributed by atoms with Crippen LogP contribution in [0.1, 0.15) is 5.56 Å². The molecule has 0 N–H and O–H groups in total. The van der Waals surface area contributed by atoms with Gasteiger partial charge in [-0.2, -0.15) is 0 Å². The molecule has 0 amide bonds. The van der Waals surface area contributed by atoms with Gasteiger partial charge >= 0.3 is 11.9 Å². The van der Waals surface area contributed by atoms with Crippen LogP contribution in [0.4, 0.5) is 8.78 Å². The second kappa shape index (κ2) is 7.54. The number of benzene rings is 1. The minimum Gasteiger partial charge on any atom is -0.468 e. The third-order valence-electron chi connectivity index (χ3n) is 2.55. The second-order valence-electron chi connectivity index (χ2n) is 4.05. The quantitative estimate of drug-likeness (QED) is 0.734. The van der Waals surface area contributed by atoms with Crippen molar-refractivity contribution in [1.29, 1.82) is 0 Å². The van der Waals surface area contributed by atoms with Gasteiger partial charge in [-0.15, -0.1) is 0 Å². The molecule has 0 saturated carbocycles. The molecule has 0 heterocycles. The average Bonchev–Trinajstić information content (AvgIpc) is 2.42. The van der Waals surface area contributed by atoms with Crippen LogP contribution in [0.2, 0.25) is 0 Å². The maximum absolute atomic E-state index is 13.1. The van der Waals surface area contributed by atoms with Crippen LogP contribution in [-0.4, -0.2) is 44.1 Å². The van der Waals surface area contributed by atoms with Gasteiger partial charge in [-0.3, -0.25) is 14.5 Å². The highest BCUT2D eigenvalue weighted by Crippen LogP contribution is 2.11. The molecular formula is C13H15F2NO4. The molecule has 0 aromatic heterocycles. The highest BCUT2D eigenvalue weighted by molar-refractivity contribution is 5.74. The van der Waals surface area contributed by atoms with Crippen LogP contribution in [0, 0.1) is 11.6 Å². The Morgan fingerprint density at radius 3 is 2.05 bits per heavy atom. The second-order valence-corrected chi connectivity index (χ2v) is 4.05. The predicted octanol–water partition coefficient (Wildman–Crippen LogP) is 1.11. The van der Waals surface area contributed by atoms with Crippen molar-refractivity contribution in [1.82, 2.24) is 4.90 Å². The Morgan fingerprint density at radius 1 is 1.05 bits per heavy atom. The van der Waals surface area contributed by atoms with Gasteiger partial charge in [-0.05, 0) is 17.7 Å². The standard InChI is InChI=1S/C13H15F2NO4/c1-19-12(17)7-16(8-13(18)20-2)6-9-3-4-10(14)11(15)5-9/h3-5H,6-8H2,1-2H3. The minimum absolute atomic E-state index is 0.0847. The van der Waals surface area contributed by atoms with Gasteiger partial charge in [0, 0.05) is 6.54 Å². The third-order valence-corrected chi connectivity index (χ3v) is 2.55. The zero-order valence-electron chi connectivity index (χ0n) is 11.2. The summed E-state index contributed by atoms with van der Waals surface area (Å²) in [6, 6.07) is 3.37. The maximum Gasteiger partial charge on any atom is 0.319 e. The highest BCUT2D eigenvalue weighted by atomic mass is 19.2. The summed E-state index contributed by atoms with van der Waals surface area (Å²) in [5.41, 5.74) is 0.428. The topological polar surface area (TPSA) is 55.8 Å². The fourth-order valence-electron chi connectivity index (χ4n) is 1.56. The Balaban J connectivity index is 2.78. The number of hydrogen-bond donors (Lipinski definition) is 0. The minimum atomic E-state index is -0.987. The molecule has 1 rings (SSSR count). The van der Waals surface area contributed by atoms with E-state index in [9.17, 15) is 18.4 Å². The van der Waals surface area contributed by atoms with Gasteiger partial charge in [0.05, 0.1) is 27.3 Å². The van der Waals surface area contributed by atoms with Gasteiger partial charge in [0.1, 0.15) is 0 Å². The van der Waals surface area contributed by atoms with Crippen molar-refractivity contribution in [2.24, 2.45) is 0 Å². The first-order valence-corrected chi connectivity index (χ1v) is 5.76. The van der Waals surface area contributed by atoms with Crippen LogP contribution in [-0.2, 0) is 25.6 Å². The van der Waals surface area contributed by atoms with Crippen molar-refractivity contribution >= 4 is 11.9 Å². The molecule has 0 spiro atoms. The van der Waals surface area contributed by atoms with Gasteiger partial charge in [-0.1, -0.05) is 6.07 Å². The van der Waals surface area contributed by atoms with Crippen LogP contribution in [0.3, 0.4) is 0 Å². The fraction of sp³-hybridized carbons (Fsp3) is 0.385. The molecule has 0 aliphatic rings. The molecule has 0 atom stereocenters. The Labute approximate surface area is 115 Å². The molecule has 0 bridgehead atoms. The zero-order valence-corrected chi connectivity index (χ0v) is 11.2. The van der Waals surface area contributed by atoms with Crippen LogP contribution in [0.5, 0.6) is 0 Å². The molecule has 1 aromatic carbocycles. The Bertz CT molecular complexity index is 475. The summed E-state index contributed by atoms with van der Waals surface area (Å²) in [7, 11) is 2.44.